The van der Waals surface area contributed by atoms with Gasteiger partial charge in [-0.05, 0) is 27.7 Å². The molecule has 0 unspecified atom stereocenters. The molecular formula is C15H24N5O5P. The van der Waals surface area contributed by atoms with E-state index in [1.807, 2.05) is 0 Å². The molecule has 0 saturated heterocycles. The van der Waals surface area contributed by atoms with Gasteiger partial charge < -0.3 is 19.5 Å². The number of ether oxygens (including phenoxy) is 1. The minimum absolute atomic E-state index is 0.00615. The summed E-state index contributed by atoms with van der Waals surface area (Å²) in [6.45, 7) is 7.24. The first-order chi connectivity index (χ1) is 12.2. The molecule has 2 aromatic heterocycles. The van der Waals surface area contributed by atoms with Crippen LogP contribution < -0.4 is 11.3 Å². The lowest BCUT2D eigenvalue weighted by atomic mass is 10.5. The number of aromatic nitrogens is 4. The van der Waals surface area contributed by atoms with Crippen molar-refractivity contribution in [3.05, 3.63) is 22.7 Å². The van der Waals surface area contributed by atoms with Crippen molar-refractivity contribution in [3.8, 4) is 0 Å². The quantitative estimate of drug-likeness (QED) is 0.507. The molecule has 0 atom stereocenters. The molecule has 144 valence electrons. The van der Waals surface area contributed by atoms with E-state index in [4.69, 9.17) is 19.5 Å². The maximum atomic E-state index is 12.7. The predicted octanol–water partition coefficient (Wildman–Crippen LogP) is 1.79. The molecule has 0 spiro atoms. The third-order valence-corrected chi connectivity index (χ3v) is 5.06. The number of hydrogen-bond donors (Lipinski definition) is 1. The summed E-state index contributed by atoms with van der Waals surface area (Å²) in [5, 5.41) is 0. The summed E-state index contributed by atoms with van der Waals surface area (Å²) >= 11 is 0. The Morgan fingerprint density at radius 1 is 1.15 bits per heavy atom. The average molecular weight is 385 g/mol. The van der Waals surface area contributed by atoms with Gasteiger partial charge in [0.15, 0.2) is 11.2 Å². The molecule has 2 rings (SSSR count). The standard InChI is InChI=1S/C15H24N5O5P/c1-10(2)24-26(22,25-11(3)4)9-23-8-7-20-14(21)12-13(19-15(20)16)18-6-5-17-12/h5-6,10-11H,7-9H2,1-4H3,(H2,16,18,19). The topological polar surface area (TPSA) is 131 Å². The summed E-state index contributed by atoms with van der Waals surface area (Å²) in [7, 11) is -3.39. The van der Waals surface area contributed by atoms with Gasteiger partial charge in [-0.25, -0.2) is 9.97 Å². The van der Waals surface area contributed by atoms with Crippen LogP contribution in [0.4, 0.5) is 5.95 Å². The summed E-state index contributed by atoms with van der Waals surface area (Å²) < 4.78 is 30.1. The molecule has 2 aromatic rings. The number of anilines is 1. The minimum atomic E-state index is -3.39. The van der Waals surface area contributed by atoms with E-state index in [1.165, 1.54) is 17.0 Å². The Labute approximate surface area is 151 Å². The van der Waals surface area contributed by atoms with E-state index in [0.717, 1.165) is 0 Å². The lowest BCUT2D eigenvalue weighted by Gasteiger charge is -2.22. The van der Waals surface area contributed by atoms with E-state index in [1.54, 1.807) is 27.7 Å². The molecule has 0 radical (unpaired) electrons. The fourth-order valence-corrected chi connectivity index (χ4v) is 4.05. The number of nitrogens with two attached hydrogens (primary N) is 1. The summed E-state index contributed by atoms with van der Waals surface area (Å²) in [6.07, 6.45) is 2.07. The largest absolute Gasteiger partial charge is 0.369 e. The Bertz CT molecular complexity index is 840. The molecule has 10 nitrogen and oxygen atoms in total. The highest BCUT2D eigenvalue weighted by Crippen LogP contribution is 2.50. The third kappa shape index (κ3) is 5.31. The second-order valence-electron chi connectivity index (χ2n) is 6.11. The van der Waals surface area contributed by atoms with Crippen molar-refractivity contribution < 1.29 is 18.3 Å². The van der Waals surface area contributed by atoms with E-state index in [-0.39, 0.29) is 48.8 Å². The van der Waals surface area contributed by atoms with Crippen LogP contribution in [0.25, 0.3) is 11.2 Å². The lowest BCUT2D eigenvalue weighted by Crippen LogP contribution is -2.27. The Hall–Kier alpha value is -1.87. The Balaban J connectivity index is 2.04. The van der Waals surface area contributed by atoms with E-state index < -0.39 is 13.2 Å². The number of nitrogen functional groups attached to an aromatic ring is 1. The van der Waals surface area contributed by atoms with Crippen LogP contribution in [0.2, 0.25) is 0 Å². The van der Waals surface area contributed by atoms with Crippen LogP contribution in [0.5, 0.6) is 0 Å². The van der Waals surface area contributed by atoms with Crippen molar-refractivity contribution >= 4 is 24.7 Å². The maximum absolute atomic E-state index is 12.7. The molecule has 26 heavy (non-hydrogen) atoms. The van der Waals surface area contributed by atoms with Crippen molar-refractivity contribution in [1.82, 2.24) is 19.5 Å². The summed E-state index contributed by atoms with van der Waals surface area (Å²) in [5.74, 6) is 0.00615. The van der Waals surface area contributed by atoms with Crippen LogP contribution in [-0.4, -0.2) is 44.7 Å². The second kappa shape index (κ2) is 8.68. The molecule has 0 aromatic carbocycles. The van der Waals surface area contributed by atoms with E-state index in [2.05, 4.69) is 15.0 Å². The average Bonchev–Trinajstić information content (AvgIpc) is 2.52. The molecule has 2 heterocycles. The van der Waals surface area contributed by atoms with E-state index >= 15 is 0 Å². The first-order valence-corrected chi connectivity index (χ1v) is 9.95. The number of rotatable bonds is 9. The molecule has 0 amide bonds. The molecule has 0 bridgehead atoms. The van der Waals surface area contributed by atoms with Gasteiger partial charge in [-0.15, -0.1) is 0 Å². The van der Waals surface area contributed by atoms with Gasteiger partial charge in [0, 0.05) is 12.4 Å². The van der Waals surface area contributed by atoms with Crippen LogP contribution in [0.1, 0.15) is 27.7 Å². The second-order valence-corrected chi connectivity index (χ2v) is 8.01. The van der Waals surface area contributed by atoms with E-state index in [0.29, 0.717) is 0 Å². The SMILES string of the molecule is CC(C)OP(=O)(COCCn1c(N)nc2nccnc2c1=O)OC(C)C. The van der Waals surface area contributed by atoms with Crippen LogP contribution in [0.3, 0.4) is 0 Å². The Morgan fingerprint density at radius 3 is 2.38 bits per heavy atom. The molecule has 0 aliphatic rings. The molecule has 0 fully saturated rings. The van der Waals surface area contributed by atoms with Gasteiger partial charge in [-0.3, -0.25) is 13.9 Å². The van der Waals surface area contributed by atoms with Crippen LogP contribution >= 0.6 is 7.60 Å². The number of fused-ring (bicyclic) bond motifs is 1. The summed E-state index contributed by atoms with van der Waals surface area (Å²) in [5.41, 5.74) is 5.71. The van der Waals surface area contributed by atoms with Crippen molar-refractivity contribution in [2.45, 2.75) is 46.4 Å². The Kier molecular flexibility index (Phi) is 6.82. The fraction of sp³-hybridized carbons (Fsp3) is 0.600. The maximum Gasteiger partial charge on any atom is 0.356 e. The molecule has 11 heteroatoms. The summed E-state index contributed by atoms with van der Waals surface area (Å²) in [4.78, 5) is 24.4. The molecule has 0 aliphatic carbocycles. The zero-order valence-corrected chi connectivity index (χ0v) is 16.2. The first-order valence-electron chi connectivity index (χ1n) is 8.22. The van der Waals surface area contributed by atoms with Gasteiger partial charge in [-0.1, -0.05) is 0 Å². The monoisotopic (exact) mass is 385 g/mol. The minimum Gasteiger partial charge on any atom is -0.369 e. The first kappa shape index (κ1) is 20.4. The highest BCUT2D eigenvalue weighted by molar-refractivity contribution is 7.53. The number of nitrogens with zero attached hydrogens (tertiary/aromatic N) is 4. The van der Waals surface area contributed by atoms with Gasteiger partial charge in [0.25, 0.3) is 5.56 Å². The lowest BCUT2D eigenvalue weighted by molar-refractivity contribution is 0.0957. The van der Waals surface area contributed by atoms with Crippen molar-refractivity contribution in [3.63, 3.8) is 0 Å². The van der Waals surface area contributed by atoms with Crippen LogP contribution in [-0.2, 0) is 24.9 Å². The smallest absolute Gasteiger partial charge is 0.356 e. The van der Waals surface area contributed by atoms with Crippen molar-refractivity contribution in [2.24, 2.45) is 0 Å². The van der Waals surface area contributed by atoms with Gasteiger partial charge in [0.2, 0.25) is 5.95 Å². The molecule has 0 aliphatic heterocycles. The van der Waals surface area contributed by atoms with Gasteiger partial charge in [-0.2, -0.15) is 4.98 Å². The van der Waals surface area contributed by atoms with Gasteiger partial charge >= 0.3 is 7.60 Å². The van der Waals surface area contributed by atoms with Crippen molar-refractivity contribution in [2.75, 3.05) is 18.7 Å². The molecule has 2 N–H and O–H groups in total. The summed E-state index contributed by atoms with van der Waals surface area (Å²) in [6, 6.07) is 0. The third-order valence-electron chi connectivity index (χ3n) is 3.08. The zero-order chi connectivity index (χ0) is 19.3. The van der Waals surface area contributed by atoms with Crippen LogP contribution in [0.15, 0.2) is 17.2 Å². The van der Waals surface area contributed by atoms with E-state index in [9.17, 15) is 9.36 Å². The highest BCUT2D eigenvalue weighted by atomic mass is 31.2. The normalized spacial score (nSPS) is 12.4. The van der Waals surface area contributed by atoms with Gasteiger partial charge in [0.05, 0.1) is 25.4 Å². The highest BCUT2D eigenvalue weighted by Gasteiger charge is 2.28. The molecule has 0 saturated carbocycles. The predicted molar refractivity (Wildman–Crippen MR) is 96.9 cm³/mol. The van der Waals surface area contributed by atoms with Gasteiger partial charge in [0.1, 0.15) is 6.35 Å². The number of hydrogen-bond acceptors (Lipinski definition) is 9. The van der Waals surface area contributed by atoms with Crippen molar-refractivity contribution in [1.29, 1.82) is 0 Å². The fourth-order valence-electron chi connectivity index (χ4n) is 2.24. The molecular weight excluding hydrogens is 361 g/mol. The Morgan fingerprint density at radius 2 is 1.77 bits per heavy atom. The zero-order valence-electron chi connectivity index (χ0n) is 15.3. The van der Waals surface area contributed by atoms with Crippen LogP contribution in [0, 0.1) is 0 Å².